The predicted molar refractivity (Wildman–Crippen MR) is 59.5 cm³/mol. The molecule has 84 valence electrons. The summed E-state index contributed by atoms with van der Waals surface area (Å²) in [5.74, 6) is 0. The molecule has 4 nitrogen and oxygen atoms in total. The fourth-order valence-corrected chi connectivity index (χ4v) is 2.94. The Morgan fingerprint density at radius 2 is 1.93 bits per heavy atom. The fourth-order valence-electron chi connectivity index (χ4n) is 0.919. The van der Waals surface area contributed by atoms with Crippen LogP contribution in [0.2, 0.25) is 5.32 Å². The maximum absolute atomic E-state index is 10.4. The molecule has 0 aliphatic rings. The second-order valence-electron chi connectivity index (χ2n) is 2.86. The summed E-state index contributed by atoms with van der Waals surface area (Å²) in [5, 5.41) is 0.830. The minimum atomic E-state index is -3.99. The van der Waals surface area contributed by atoms with Crippen molar-refractivity contribution in [3.63, 3.8) is 0 Å². The van der Waals surface area contributed by atoms with Gasteiger partial charge in [0.2, 0.25) is 0 Å². The monoisotopic (exact) mass is 296 g/mol. The molecule has 1 aromatic carbocycles. The van der Waals surface area contributed by atoms with E-state index in [4.69, 9.17) is 14.5 Å². The van der Waals surface area contributed by atoms with Crippen LogP contribution in [0.25, 0.3) is 0 Å². The summed E-state index contributed by atoms with van der Waals surface area (Å²) >= 11 is 0.316. The van der Waals surface area contributed by atoms with E-state index >= 15 is 0 Å². The van der Waals surface area contributed by atoms with Crippen molar-refractivity contribution in [3.05, 3.63) is 30.3 Å². The zero-order valence-electron chi connectivity index (χ0n) is 8.07. The van der Waals surface area contributed by atoms with Crippen molar-refractivity contribution in [2.24, 2.45) is 0 Å². The summed E-state index contributed by atoms with van der Waals surface area (Å²) in [6, 6.07) is 10.0. The first kappa shape index (κ1) is 12.9. The van der Waals surface area contributed by atoms with Crippen LogP contribution < -0.4 is 4.46 Å². The topological polar surface area (TPSA) is 66.8 Å². The molecule has 0 spiro atoms. The van der Waals surface area contributed by atoms with E-state index in [1.54, 1.807) is 0 Å². The number of hydrogen-bond donors (Lipinski definition) is 2. The standard InChI is InChI=1S/C9H13O4PSe/c10-14(11,12)8-13-6-7-15-9-4-2-1-3-5-9/h1-5H,6-8H2,(H2,10,11,12). The molecule has 0 atom stereocenters. The second-order valence-corrected chi connectivity index (χ2v) is 6.90. The normalized spacial score (nSPS) is 11.6. The Bertz CT molecular complexity index is 324. The Balaban J connectivity index is 2.10. The van der Waals surface area contributed by atoms with E-state index in [1.807, 2.05) is 30.3 Å². The third-order valence-corrected chi connectivity index (χ3v) is 4.07. The van der Waals surface area contributed by atoms with E-state index in [0.717, 1.165) is 5.32 Å². The molecule has 15 heavy (non-hydrogen) atoms. The summed E-state index contributed by atoms with van der Waals surface area (Å²) in [6.45, 7) is 0.403. The third-order valence-electron chi connectivity index (χ3n) is 1.50. The summed E-state index contributed by atoms with van der Waals surface area (Å²) in [5.41, 5.74) is 0. The third kappa shape index (κ3) is 6.85. The Hall–Kier alpha value is -0.151. The molecular formula is C9H13O4PSe. The van der Waals surface area contributed by atoms with E-state index in [0.29, 0.717) is 21.6 Å². The quantitative estimate of drug-likeness (QED) is 0.458. The molecule has 0 aliphatic carbocycles. The van der Waals surface area contributed by atoms with E-state index in [2.05, 4.69) is 0 Å². The van der Waals surface area contributed by atoms with Crippen molar-refractivity contribution in [2.45, 2.75) is 5.32 Å². The average molecular weight is 295 g/mol. The summed E-state index contributed by atoms with van der Waals surface area (Å²) in [7, 11) is -3.99. The van der Waals surface area contributed by atoms with Crippen molar-refractivity contribution in [1.29, 1.82) is 0 Å². The van der Waals surface area contributed by atoms with Crippen LogP contribution in [0, 0.1) is 0 Å². The van der Waals surface area contributed by atoms with Crippen molar-refractivity contribution in [3.8, 4) is 0 Å². The van der Waals surface area contributed by atoms with Crippen LogP contribution in [-0.2, 0) is 9.30 Å². The van der Waals surface area contributed by atoms with E-state index in [-0.39, 0.29) is 0 Å². The first-order valence-corrected chi connectivity index (χ1v) is 8.25. The molecule has 0 fully saturated rings. The first-order valence-electron chi connectivity index (χ1n) is 4.38. The van der Waals surface area contributed by atoms with Crippen LogP contribution in [0.5, 0.6) is 0 Å². The summed E-state index contributed by atoms with van der Waals surface area (Å²) in [4.78, 5) is 17.1. The summed E-state index contributed by atoms with van der Waals surface area (Å²) in [6.07, 6.45) is -0.474. The molecule has 0 aliphatic heterocycles. The van der Waals surface area contributed by atoms with Gasteiger partial charge in [-0.1, -0.05) is 0 Å². The minimum absolute atomic E-state index is 0.316. The molecular weight excluding hydrogens is 282 g/mol. The van der Waals surface area contributed by atoms with Crippen molar-refractivity contribution in [1.82, 2.24) is 0 Å². The Labute approximate surface area is 95.0 Å². The molecule has 0 saturated carbocycles. The van der Waals surface area contributed by atoms with E-state index in [9.17, 15) is 4.57 Å². The number of ether oxygens (including phenoxy) is 1. The SMILES string of the molecule is O=P(O)(O)COCC[Se]c1ccccc1. The van der Waals surface area contributed by atoms with Gasteiger partial charge in [-0.15, -0.1) is 0 Å². The molecule has 0 amide bonds. The molecule has 0 aromatic heterocycles. The number of hydrogen-bond acceptors (Lipinski definition) is 2. The predicted octanol–water partition coefficient (Wildman–Crippen LogP) is 0.586. The number of rotatable bonds is 6. The van der Waals surface area contributed by atoms with Gasteiger partial charge in [-0.2, -0.15) is 0 Å². The van der Waals surface area contributed by atoms with Crippen LogP contribution in [0.3, 0.4) is 0 Å². The van der Waals surface area contributed by atoms with Gasteiger partial charge >= 0.3 is 94.7 Å². The maximum atomic E-state index is 10.4. The molecule has 0 saturated heterocycles. The van der Waals surface area contributed by atoms with Gasteiger partial charge in [0.1, 0.15) is 0 Å². The van der Waals surface area contributed by atoms with Gasteiger partial charge in [0.15, 0.2) is 0 Å². The molecule has 2 N–H and O–H groups in total. The Kier molecular flexibility index (Phi) is 5.54. The van der Waals surface area contributed by atoms with Crippen LogP contribution in [0.15, 0.2) is 30.3 Å². The fraction of sp³-hybridized carbons (Fsp3) is 0.333. The Morgan fingerprint density at radius 1 is 1.27 bits per heavy atom. The van der Waals surface area contributed by atoms with E-state index < -0.39 is 13.9 Å². The Morgan fingerprint density at radius 3 is 2.53 bits per heavy atom. The van der Waals surface area contributed by atoms with Gasteiger partial charge in [-0.25, -0.2) is 0 Å². The van der Waals surface area contributed by atoms with Gasteiger partial charge in [-0.3, -0.25) is 0 Å². The molecule has 0 heterocycles. The van der Waals surface area contributed by atoms with Gasteiger partial charge in [0.25, 0.3) is 0 Å². The molecule has 0 bridgehead atoms. The van der Waals surface area contributed by atoms with Crippen molar-refractivity contribution >= 4 is 27.0 Å². The molecule has 1 rings (SSSR count). The average Bonchev–Trinajstić information content (AvgIpc) is 2.17. The molecule has 1 aromatic rings. The van der Waals surface area contributed by atoms with Gasteiger partial charge in [0.05, 0.1) is 0 Å². The number of benzene rings is 1. The second kappa shape index (κ2) is 6.44. The molecule has 6 heteroatoms. The van der Waals surface area contributed by atoms with Crippen LogP contribution in [0.1, 0.15) is 0 Å². The van der Waals surface area contributed by atoms with Crippen LogP contribution in [-0.4, -0.2) is 37.7 Å². The van der Waals surface area contributed by atoms with E-state index in [1.165, 1.54) is 4.46 Å². The van der Waals surface area contributed by atoms with Crippen molar-refractivity contribution < 1.29 is 19.1 Å². The van der Waals surface area contributed by atoms with Gasteiger partial charge in [-0.05, 0) is 0 Å². The zero-order valence-corrected chi connectivity index (χ0v) is 10.7. The van der Waals surface area contributed by atoms with Crippen LogP contribution >= 0.6 is 7.60 Å². The molecule has 0 radical (unpaired) electrons. The van der Waals surface area contributed by atoms with Crippen LogP contribution in [0.4, 0.5) is 0 Å². The van der Waals surface area contributed by atoms with Gasteiger partial charge < -0.3 is 0 Å². The molecule has 0 unspecified atom stereocenters. The zero-order chi connectivity index (χ0) is 11.1. The van der Waals surface area contributed by atoms with Crippen molar-refractivity contribution in [2.75, 3.05) is 13.0 Å². The summed E-state index contributed by atoms with van der Waals surface area (Å²) < 4.78 is 16.6. The van der Waals surface area contributed by atoms with Gasteiger partial charge in [0, 0.05) is 0 Å². The first-order chi connectivity index (χ1) is 7.08.